The summed E-state index contributed by atoms with van der Waals surface area (Å²) in [5.41, 5.74) is 4.57. The fraction of sp³-hybridized carbons (Fsp3) is 0.207. The van der Waals surface area contributed by atoms with E-state index < -0.39 is 15.9 Å². The second-order valence-corrected chi connectivity index (χ2v) is 12.5. The second kappa shape index (κ2) is 10.6. The first-order valence-electron chi connectivity index (χ1n) is 12.8. The summed E-state index contributed by atoms with van der Waals surface area (Å²) in [5, 5.41) is 8.30. The Morgan fingerprint density at radius 2 is 1.75 bits per heavy atom. The minimum absolute atomic E-state index is 0.163. The number of carbonyl (C=O) groups excluding carboxylic acids is 1. The third-order valence-electron chi connectivity index (χ3n) is 6.80. The molecule has 0 spiro atoms. The minimum Gasteiger partial charge on any atom is -0.379 e. The van der Waals surface area contributed by atoms with E-state index in [9.17, 15) is 13.2 Å². The number of fused-ring (bicyclic) bond motifs is 1. The Kier molecular flexibility index (Phi) is 6.97. The highest BCUT2D eigenvalue weighted by Gasteiger charge is 2.28. The van der Waals surface area contributed by atoms with Gasteiger partial charge in [0.25, 0.3) is 5.91 Å². The smallest absolute Gasteiger partial charge is 0.259 e. The maximum Gasteiger partial charge on any atom is 0.259 e. The molecule has 11 heteroatoms. The van der Waals surface area contributed by atoms with E-state index in [0.29, 0.717) is 53.9 Å². The highest BCUT2D eigenvalue weighted by atomic mass is 32.2. The van der Waals surface area contributed by atoms with Crippen molar-refractivity contribution in [3.63, 3.8) is 0 Å². The van der Waals surface area contributed by atoms with E-state index in [1.54, 1.807) is 29.9 Å². The number of aryl methyl sites for hydroxylation is 2. The third kappa shape index (κ3) is 5.04. The van der Waals surface area contributed by atoms with Gasteiger partial charge >= 0.3 is 0 Å². The molecule has 1 fully saturated rings. The Morgan fingerprint density at radius 3 is 2.50 bits per heavy atom. The molecule has 0 radical (unpaired) electrons. The maximum atomic E-state index is 13.7. The van der Waals surface area contributed by atoms with Crippen molar-refractivity contribution in [2.24, 2.45) is 0 Å². The van der Waals surface area contributed by atoms with Gasteiger partial charge < -0.3 is 10.1 Å². The SMILES string of the molecule is Cc1ccc(-c2nn(-c3nc4ccccc4s3)cc2C(=O)Nc2ccc(C)c(S(=O)(=O)N3CCOCC3)c2)cc1. The Morgan fingerprint density at radius 1 is 1.00 bits per heavy atom. The highest BCUT2D eigenvalue weighted by molar-refractivity contribution is 7.89. The average molecular weight is 574 g/mol. The molecule has 0 unspecified atom stereocenters. The van der Waals surface area contributed by atoms with Crippen molar-refractivity contribution >= 4 is 43.2 Å². The van der Waals surface area contributed by atoms with Crippen molar-refractivity contribution in [2.75, 3.05) is 31.6 Å². The number of sulfonamides is 1. The van der Waals surface area contributed by atoms with Crippen molar-refractivity contribution in [1.82, 2.24) is 19.1 Å². The normalized spacial score (nSPS) is 14.4. The third-order valence-corrected chi connectivity index (χ3v) is 9.86. The first-order valence-corrected chi connectivity index (χ1v) is 15.1. The monoisotopic (exact) mass is 573 g/mol. The molecule has 9 nitrogen and oxygen atoms in total. The van der Waals surface area contributed by atoms with Crippen molar-refractivity contribution in [1.29, 1.82) is 0 Å². The summed E-state index contributed by atoms with van der Waals surface area (Å²) in [4.78, 5) is 18.5. The Bertz CT molecular complexity index is 1790. The van der Waals surface area contributed by atoms with Crippen LogP contribution in [0, 0.1) is 13.8 Å². The van der Waals surface area contributed by atoms with Gasteiger partial charge in [-0.3, -0.25) is 4.79 Å². The van der Waals surface area contributed by atoms with E-state index >= 15 is 0 Å². The Hall–Kier alpha value is -3.90. The molecule has 1 aliphatic rings. The lowest BCUT2D eigenvalue weighted by Gasteiger charge is -2.26. The molecule has 0 atom stereocenters. The van der Waals surface area contributed by atoms with Crippen LogP contribution in [0.4, 0.5) is 5.69 Å². The molecule has 2 aromatic heterocycles. The molecule has 0 bridgehead atoms. The van der Waals surface area contributed by atoms with Crippen LogP contribution in [0.25, 0.3) is 26.6 Å². The van der Waals surface area contributed by atoms with Crippen LogP contribution in [-0.4, -0.2) is 59.7 Å². The molecule has 3 aromatic carbocycles. The predicted octanol–water partition coefficient (Wildman–Crippen LogP) is 5.04. The zero-order chi connectivity index (χ0) is 27.9. The number of para-hydroxylation sites is 1. The summed E-state index contributed by atoms with van der Waals surface area (Å²) in [7, 11) is -3.74. The van der Waals surface area contributed by atoms with Crippen LogP contribution in [0.1, 0.15) is 21.5 Å². The minimum atomic E-state index is -3.74. The van der Waals surface area contributed by atoms with E-state index in [1.165, 1.54) is 21.7 Å². The van der Waals surface area contributed by atoms with Crippen LogP contribution in [0.15, 0.2) is 77.8 Å². The van der Waals surface area contributed by atoms with Crippen LogP contribution >= 0.6 is 11.3 Å². The van der Waals surface area contributed by atoms with Crippen LogP contribution in [0.2, 0.25) is 0 Å². The zero-order valence-corrected chi connectivity index (χ0v) is 23.6. The fourth-order valence-electron chi connectivity index (χ4n) is 4.60. The number of morpholine rings is 1. The number of nitrogens with one attached hydrogen (secondary N) is 1. The van der Waals surface area contributed by atoms with Gasteiger partial charge in [-0.25, -0.2) is 18.1 Å². The molecule has 40 heavy (non-hydrogen) atoms. The zero-order valence-electron chi connectivity index (χ0n) is 22.0. The van der Waals surface area contributed by atoms with Gasteiger partial charge in [0.05, 0.1) is 33.9 Å². The molecule has 1 saturated heterocycles. The molecule has 1 amide bonds. The topological polar surface area (TPSA) is 106 Å². The number of nitrogens with zero attached hydrogens (tertiary/aromatic N) is 4. The summed E-state index contributed by atoms with van der Waals surface area (Å²) in [6.45, 7) is 5.05. The molecule has 3 heterocycles. The van der Waals surface area contributed by atoms with E-state index in [2.05, 4.69) is 10.3 Å². The van der Waals surface area contributed by atoms with Gasteiger partial charge in [-0.1, -0.05) is 59.4 Å². The van der Waals surface area contributed by atoms with Crippen LogP contribution < -0.4 is 5.32 Å². The lowest BCUT2D eigenvalue weighted by Crippen LogP contribution is -2.40. The number of thiazole rings is 1. The van der Waals surface area contributed by atoms with E-state index in [1.807, 2.05) is 55.5 Å². The molecule has 5 aromatic rings. The summed E-state index contributed by atoms with van der Waals surface area (Å²) < 4.78 is 36.1. The number of anilines is 1. The number of hydrogen-bond acceptors (Lipinski definition) is 7. The van der Waals surface area contributed by atoms with Crippen molar-refractivity contribution in [2.45, 2.75) is 18.7 Å². The van der Waals surface area contributed by atoms with Gasteiger partial charge in [0.2, 0.25) is 15.2 Å². The van der Waals surface area contributed by atoms with E-state index in [4.69, 9.17) is 9.84 Å². The van der Waals surface area contributed by atoms with E-state index in [0.717, 1.165) is 21.3 Å². The van der Waals surface area contributed by atoms with Gasteiger partial charge in [0.1, 0.15) is 5.69 Å². The molecule has 6 rings (SSSR count). The molecule has 1 aliphatic heterocycles. The highest BCUT2D eigenvalue weighted by Crippen LogP contribution is 2.30. The van der Waals surface area contributed by atoms with Crippen LogP contribution in [0.5, 0.6) is 0 Å². The van der Waals surface area contributed by atoms with Gasteiger partial charge in [-0.15, -0.1) is 0 Å². The number of rotatable bonds is 6. The lowest BCUT2D eigenvalue weighted by molar-refractivity contribution is 0.0730. The van der Waals surface area contributed by atoms with Gasteiger partial charge in [0.15, 0.2) is 0 Å². The molecule has 204 valence electrons. The van der Waals surface area contributed by atoms with Crippen LogP contribution in [0.3, 0.4) is 0 Å². The largest absolute Gasteiger partial charge is 0.379 e. The number of carbonyl (C=O) groups is 1. The first kappa shape index (κ1) is 26.3. The average Bonchev–Trinajstić information content (AvgIpc) is 3.60. The summed E-state index contributed by atoms with van der Waals surface area (Å²) in [6.07, 6.45) is 1.67. The molecular weight excluding hydrogens is 546 g/mol. The fourth-order valence-corrected chi connectivity index (χ4v) is 7.15. The molecule has 0 aliphatic carbocycles. The summed E-state index contributed by atoms with van der Waals surface area (Å²) >= 11 is 1.48. The molecule has 1 N–H and O–H groups in total. The van der Waals surface area contributed by atoms with Gasteiger partial charge in [-0.05, 0) is 43.7 Å². The standard InChI is InChI=1S/C29H27N5O4S2/c1-19-7-10-21(11-8-19)27-23(18-34(32-27)29-31-24-5-3-4-6-25(24)39-29)28(35)30-22-12-9-20(2)26(17-22)40(36,37)33-13-15-38-16-14-33/h3-12,17-18H,13-16H2,1-2H3,(H,30,35). The number of benzene rings is 3. The number of amides is 1. The number of hydrogen-bond donors (Lipinski definition) is 1. The predicted molar refractivity (Wildman–Crippen MR) is 156 cm³/mol. The summed E-state index contributed by atoms with van der Waals surface area (Å²) in [5.74, 6) is -0.401. The number of aromatic nitrogens is 3. The van der Waals surface area contributed by atoms with Crippen molar-refractivity contribution in [3.8, 4) is 16.4 Å². The van der Waals surface area contributed by atoms with Crippen molar-refractivity contribution in [3.05, 3.63) is 89.6 Å². The molecular formula is C29H27N5O4S2. The lowest BCUT2D eigenvalue weighted by atomic mass is 10.1. The van der Waals surface area contributed by atoms with Crippen molar-refractivity contribution < 1.29 is 17.9 Å². The molecule has 0 saturated carbocycles. The van der Waals surface area contributed by atoms with Crippen LogP contribution in [-0.2, 0) is 14.8 Å². The quantitative estimate of drug-likeness (QED) is 0.305. The van der Waals surface area contributed by atoms with Gasteiger partial charge in [-0.2, -0.15) is 9.40 Å². The second-order valence-electron chi connectivity index (χ2n) is 9.62. The summed E-state index contributed by atoms with van der Waals surface area (Å²) in [6, 6.07) is 20.5. The number of ether oxygens (including phenoxy) is 1. The van der Waals surface area contributed by atoms with Gasteiger partial charge in [0, 0.05) is 30.5 Å². The maximum absolute atomic E-state index is 13.7. The Balaban J connectivity index is 1.36. The Labute approximate surface area is 236 Å². The van der Waals surface area contributed by atoms with E-state index in [-0.39, 0.29) is 4.90 Å². The first-order chi connectivity index (χ1) is 19.3.